The minimum absolute atomic E-state index is 0.0491. The Morgan fingerprint density at radius 3 is 2.45 bits per heavy atom. The van der Waals surface area contributed by atoms with E-state index in [0.29, 0.717) is 10.4 Å². The second-order valence-corrected chi connectivity index (χ2v) is 12.9. The molecular formula is C14H18FNO3S2Si. The third-order valence-electron chi connectivity index (χ3n) is 2.81. The van der Waals surface area contributed by atoms with E-state index in [2.05, 4.69) is 0 Å². The Hall–Kier alpha value is -1.06. The van der Waals surface area contributed by atoms with Gasteiger partial charge in [-0.25, -0.2) is 17.9 Å². The van der Waals surface area contributed by atoms with Crippen LogP contribution in [0.25, 0.3) is 0 Å². The summed E-state index contributed by atoms with van der Waals surface area (Å²) in [5.41, 5.74) is 0.658. The predicted octanol–water partition coefficient (Wildman–Crippen LogP) is 3.48. The highest BCUT2D eigenvalue weighted by molar-refractivity contribution is 7.89. The van der Waals surface area contributed by atoms with E-state index in [9.17, 15) is 12.8 Å². The van der Waals surface area contributed by atoms with Gasteiger partial charge in [0.05, 0.1) is 4.90 Å². The van der Waals surface area contributed by atoms with Crippen LogP contribution in [-0.2, 0) is 14.4 Å². The van der Waals surface area contributed by atoms with E-state index in [1.54, 1.807) is 12.1 Å². The molecule has 1 unspecified atom stereocenters. The number of hydrogen-bond donors (Lipinski definition) is 1. The number of hydrogen-bond acceptors (Lipinski definition) is 4. The fourth-order valence-corrected chi connectivity index (χ4v) is 4.86. The molecule has 2 aromatic rings. The molecule has 8 heteroatoms. The standard InChI is InChI=1S/C14H18FNO3S2Si/c1-22(2,3)19-14(10-5-4-6-11(15)7-10)13-8-12(9-20-13)21(16,17)18/h4-9,14H,1-3H3,(H2,16,17,18). The average molecular weight is 360 g/mol. The lowest BCUT2D eigenvalue weighted by molar-refractivity contribution is 0.243. The van der Waals surface area contributed by atoms with Gasteiger partial charge in [-0.2, -0.15) is 0 Å². The summed E-state index contributed by atoms with van der Waals surface area (Å²) in [6.07, 6.45) is -0.497. The number of benzene rings is 1. The summed E-state index contributed by atoms with van der Waals surface area (Å²) in [7, 11) is -5.69. The highest BCUT2D eigenvalue weighted by atomic mass is 32.2. The summed E-state index contributed by atoms with van der Waals surface area (Å²) >= 11 is 1.24. The monoisotopic (exact) mass is 359 g/mol. The van der Waals surface area contributed by atoms with Crippen molar-refractivity contribution in [3.63, 3.8) is 0 Å². The van der Waals surface area contributed by atoms with Crippen molar-refractivity contribution in [2.75, 3.05) is 0 Å². The Morgan fingerprint density at radius 1 is 1.27 bits per heavy atom. The maximum absolute atomic E-state index is 13.5. The molecule has 1 heterocycles. The maximum Gasteiger partial charge on any atom is 0.238 e. The van der Waals surface area contributed by atoms with Crippen LogP contribution in [0.4, 0.5) is 4.39 Å². The largest absolute Gasteiger partial charge is 0.406 e. The average Bonchev–Trinajstić information content (AvgIpc) is 2.84. The Morgan fingerprint density at radius 2 is 1.95 bits per heavy atom. The highest BCUT2D eigenvalue weighted by Crippen LogP contribution is 2.34. The fraction of sp³-hybridized carbons (Fsp3) is 0.286. The van der Waals surface area contributed by atoms with E-state index < -0.39 is 24.4 Å². The van der Waals surface area contributed by atoms with E-state index in [4.69, 9.17) is 9.56 Å². The van der Waals surface area contributed by atoms with Gasteiger partial charge in [0.2, 0.25) is 10.0 Å². The number of primary sulfonamides is 1. The van der Waals surface area contributed by atoms with E-state index in [0.717, 1.165) is 0 Å². The molecular weight excluding hydrogens is 341 g/mol. The minimum atomic E-state index is -3.76. The third kappa shape index (κ3) is 4.47. The molecule has 0 saturated heterocycles. The molecule has 0 bridgehead atoms. The number of halogens is 1. The first kappa shape index (κ1) is 17.3. The van der Waals surface area contributed by atoms with Crippen LogP contribution in [0, 0.1) is 5.82 Å². The van der Waals surface area contributed by atoms with Crippen LogP contribution in [0.3, 0.4) is 0 Å². The third-order valence-corrected chi connectivity index (χ3v) is 5.77. The Balaban J connectivity index is 2.47. The molecule has 0 spiro atoms. The smallest absolute Gasteiger partial charge is 0.238 e. The molecule has 0 amide bonds. The van der Waals surface area contributed by atoms with Crippen LogP contribution in [0.1, 0.15) is 16.5 Å². The normalized spacial score (nSPS) is 14.0. The fourth-order valence-electron chi connectivity index (χ4n) is 1.93. The van der Waals surface area contributed by atoms with Crippen LogP contribution in [0.2, 0.25) is 19.6 Å². The molecule has 0 fully saturated rings. The zero-order valence-electron chi connectivity index (χ0n) is 12.5. The second kappa shape index (κ2) is 6.21. The van der Waals surface area contributed by atoms with Crippen LogP contribution >= 0.6 is 11.3 Å². The zero-order chi connectivity index (χ0) is 16.5. The summed E-state index contributed by atoms with van der Waals surface area (Å²) in [6.45, 7) is 6.06. The molecule has 0 aliphatic heterocycles. The van der Waals surface area contributed by atoms with Gasteiger partial charge in [-0.05, 0) is 43.4 Å². The number of nitrogens with two attached hydrogens (primary N) is 1. The summed E-state index contributed by atoms with van der Waals surface area (Å²) in [5, 5.41) is 6.62. The molecule has 2 N–H and O–H groups in total. The topological polar surface area (TPSA) is 69.4 Å². The van der Waals surface area contributed by atoms with Gasteiger partial charge >= 0.3 is 0 Å². The van der Waals surface area contributed by atoms with Crippen LogP contribution in [-0.4, -0.2) is 16.7 Å². The summed E-state index contributed by atoms with van der Waals surface area (Å²) < 4.78 is 42.5. The van der Waals surface area contributed by atoms with Crippen molar-refractivity contribution in [1.82, 2.24) is 0 Å². The van der Waals surface area contributed by atoms with Gasteiger partial charge in [0.15, 0.2) is 8.32 Å². The quantitative estimate of drug-likeness (QED) is 0.831. The molecule has 0 aliphatic rings. The number of sulfonamides is 1. The maximum atomic E-state index is 13.5. The summed E-state index contributed by atoms with van der Waals surface area (Å²) in [6, 6.07) is 7.64. The van der Waals surface area contributed by atoms with E-state index in [1.807, 2.05) is 19.6 Å². The molecule has 4 nitrogen and oxygen atoms in total. The van der Waals surface area contributed by atoms with Crippen molar-refractivity contribution >= 4 is 29.7 Å². The molecule has 0 saturated carbocycles. The van der Waals surface area contributed by atoms with Gasteiger partial charge in [-0.3, -0.25) is 0 Å². The lowest BCUT2D eigenvalue weighted by atomic mass is 10.1. The Bertz CT molecular complexity index is 768. The van der Waals surface area contributed by atoms with Gasteiger partial charge in [0, 0.05) is 10.3 Å². The van der Waals surface area contributed by atoms with Crippen molar-refractivity contribution in [1.29, 1.82) is 0 Å². The van der Waals surface area contributed by atoms with Crippen molar-refractivity contribution in [2.24, 2.45) is 5.14 Å². The van der Waals surface area contributed by atoms with Gasteiger partial charge in [0.25, 0.3) is 0 Å². The Labute approximate surface area is 134 Å². The lowest BCUT2D eigenvalue weighted by Crippen LogP contribution is -2.28. The summed E-state index contributed by atoms with van der Waals surface area (Å²) in [4.78, 5) is 0.741. The molecule has 22 heavy (non-hydrogen) atoms. The Kier molecular flexibility index (Phi) is 4.88. The van der Waals surface area contributed by atoms with E-state index >= 15 is 0 Å². The van der Waals surface area contributed by atoms with Crippen molar-refractivity contribution < 1.29 is 17.2 Å². The predicted molar refractivity (Wildman–Crippen MR) is 88.4 cm³/mol. The minimum Gasteiger partial charge on any atom is -0.406 e. The summed E-state index contributed by atoms with van der Waals surface area (Å²) in [5.74, 6) is -0.357. The highest BCUT2D eigenvalue weighted by Gasteiger charge is 2.26. The van der Waals surface area contributed by atoms with E-state index in [1.165, 1.54) is 34.9 Å². The first-order chi connectivity index (χ1) is 10.1. The van der Waals surface area contributed by atoms with Gasteiger partial charge in [0.1, 0.15) is 11.9 Å². The molecule has 120 valence electrons. The first-order valence-electron chi connectivity index (χ1n) is 6.61. The second-order valence-electron chi connectivity index (χ2n) is 5.90. The van der Waals surface area contributed by atoms with Crippen LogP contribution in [0.5, 0.6) is 0 Å². The molecule has 0 radical (unpaired) electrons. The lowest BCUT2D eigenvalue weighted by Gasteiger charge is -2.26. The molecule has 2 rings (SSSR count). The molecule has 1 aromatic heterocycles. The van der Waals surface area contributed by atoms with Crippen LogP contribution < -0.4 is 5.14 Å². The van der Waals surface area contributed by atoms with Gasteiger partial charge < -0.3 is 4.43 Å². The SMILES string of the molecule is C[Si](C)(C)OC(c1cccc(F)c1)c1cc(S(N)(=O)=O)cs1. The van der Waals surface area contributed by atoms with Crippen molar-refractivity contribution in [2.45, 2.75) is 30.6 Å². The first-order valence-corrected chi connectivity index (χ1v) is 12.4. The van der Waals surface area contributed by atoms with Crippen molar-refractivity contribution in [3.05, 3.63) is 52.0 Å². The van der Waals surface area contributed by atoms with Gasteiger partial charge in [-0.15, -0.1) is 11.3 Å². The molecule has 1 atom stereocenters. The number of thiophene rings is 1. The van der Waals surface area contributed by atoms with Gasteiger partial charge in [-0.1, -0.05) is 12.1 Å². The number of rotatable bonds is 5. The van der Waals surface area contributed by atoms with E-state index in [-0.39, 0.29) is 10.7 Å². The van der Waals surface area contributed by atoms with Crippen molar-refractivity contribution in [3.8, 4) is 0 Å². The molecule has 1 aromatic carbocycles. The van der Waals surface area contributed by atoms with Crippen LogP contribution in [0.15, 0.2) is 40.6 Å². The molecule has 0 aliphatic carbocycles. The zero-order valence-corrected chi connectivity index (χ0v) is 15.2.